The zero-order chi connectivity index (χ0) is 24.1. The maximum Gasteiger partial charge on any atom is 0.264 e. The molecule has 0 aliphatic heterocycles. The van der Waals surface area contributed by atoms with Crippen molar-refractivity contribution in [3.05, 3.63) is 52.7 Å². The van der Waals surface area contributed by atoms with Gasteiger partial charge in [0.1, 0.15) is 17.4 Å². The Morgan fingerprint density at radius 1 is 1.12 bits per heavy atom. The van der Waals surface area contributed by atoms with Crippen LogP contribution in [0.5, 0.6) is 11.6 Å². The fourth-order valence-corrected chi connectivity index (χ4v) is 2.90. The van der Waals surface area contributed by atoms with Crippen molar-refractivity contribution in [2.45, 2.75) is 34.3 Å². The maximum atomic E-state index is 11.8. The van der Waals surface area contributed by atoms with Gasteiger partial charge in [-0.25, -0.2) is 18.1 Å². The summed E-state index contributed by atoms with van der Waals surface area (Å²) in [6.45, 7) is 11.2. The molecule has 8 nitrogen and oxygen atoms in total. The normalized spacial score (nSPS) is 10.8. The lowest BCUT2D eigenvalue weighted by atomic mass is 10.1. The molecule has 178 valence electrons. The minimum Gasteiger partial charge on any atom is -0.487 e. The number of ether oxygens (including phenoxy) is 2. The first-order chi connectivity index (χ1) is 15.1. The van der Waals surface area contributed by atoms with Crippen LogP contribution < -0.4 is 19.5 Å². The molecule has 1 amide bonds. The summed E-state index contributed by atoms with van der Waals surface area (Å²) < 4.78 is 35.2. The number of halogens is 1. The van der Waals surface area contributed by atoms with Gasteiger partial charge >= 0.3 is 0 Å². The second kappa shape index (κ2) is 13.9. The van der Waals surface area contributed by atoms with Gasteiger partial charge in [-0.15, -0.1) is 0 Å². The molecule has 0 fully saturated rings. The van der Waals surface area contributed by atoms with Crippen LogP contribution in [0.3, 0.4) is 0 Å². The topological polar surface area (TPSA) is 107 Å². The number of carbonyl (C=O) groups excluding carboxylic acids is 1. The summed E-state index contributed by atoms with van der Waals surface area (Å²) in [7, 11) is -3.60. The van der Waals surface area contributed by atoms with Crippen LogP contribution in [0.1, 0.15) is 43.6 Å². The van der Waals surface area contributed by atoms with Crippen molar-refractivity contribution < 1.29 is 22.7 Å². The van der Waals surface area contributed by atoms with E-state index in [0.29, 0.717) is 29.2 Å². The Kier molecular flexibility index (Phi) is 12.0. The Balaban J connectivity index is 0.000000920. The Morgan fingerprint density at radius 2 is 1.75 bits per heavy atom. The molecule has 0 saturated carbocycles. The summed E-state index contributed by atoms with van der Waals surface area (Å²) in [5, 5.41) is 3.47. The molecule has 32 heavy (non-hydrogen) atoms. The van der Waals surface area contributed by atoms with Gasteiger partial charge in [-0.1, -0.05) is 51.4 Å². The molecule has 0 unspecified atom stereocenters. The standard InChI is InChI=1S/C18H21ClN2O5S.C4H11N/c1-12(2)10-26-18-16(19)8-15(9-20-18)25-11-13-4-6-14(7-5-13)17(22)21-27(3,23)24;1-3-5-4-2/h4-9,12H,10-11H2,1-3H3,(H,21,22);5H,3-4H2,1-2H3. The second-order valence-corrected chi connectivity index (χ2v) is 9.46. The minimum atomic E-state index is -3.60. The number of hydrogen-bond donors (Lipinski definition) is 2. The number of sulfonamides is 1. The lowest BCUT2D eigenvalue weighted by Gasteiger charge is -2.11. The fraction of sp³-hybridized carbons (Fsp3) is 0.455. The van der Waals surface area contributed by atoms with Crippen LogP contribution in [-0.2, 0) is 16.6 Å². The third kappa shape index (κ3) is 11.3. The molecular weight excluding hydrogens is 454 g/mol. The van der Waals surface area contributed by atoms with E-state index in [1.165, 1.54) is 18.3 Å². The first kappa shape index (κ1) is 27.7. The van der Waals surface area contributed by atoms with E-state index in [0.717, 1.165) is 24.9 Å². The van der Waals surface area contributed by atoms with Gasteiger partial charge in [0, 0.05) is 11.6 Å². The van der Waals surface area contributed by atoms with Gasteiger partial charge in [0.15, 0.2) is 0 Å². The lowest BCUT2D eigenvalue weighted by Crippen LogP contribution is -2.29. The molecule has 2 aromatic rings. The van der Waals surface area contributed by atoms with Crippen LogP contribution in [-0.4, -0.2) is 45.3 Å². The van der Waals surface area contributed by atoms with Gasteiger partial charge in [-0.05, 0) is 36.7 Å². The summed E-state index contributed by atoms with van der Waals surface area (Å²) in [6, 6.07) is 8.01. The summed E-state index contributed by atoms with van der Waals surface area (Å²) in [5.41, 5.74) is 1.03. The van der Waals surface area contributed by atoms with E-state index >= 15 is 0 Å². The molecule has 0 radical (unpaired) electrons. The predicted octanol–water partition coefficient (Wildman–Crippen LogP) is 3.65. The zero-order valence-electron chi connectivity index (χ0n) is 19.1. The summed E-state index contributed by atoms with van der Waals surface area (Å²) in [5.74, 6) is 0.522. The van der Waals surface area contributed by atoms with Crippen LogP contribution >= 0.6 is 11.6 Å². The van der Waals surface area contributed by atoms with E-state index in [1.54, 1.807) is 18.2 Å². The number of rotatable bonds is 10. The summed E-state index contributed by atoms with van der Waals surface area (Å²) >= 11 is 6.14. The van der Waals surface area contributed by atoms with Gasteiger partial charge in [-0.2, -0.15) is 0 Å². The van der Waals surface area contributed by atoms with Crippen LogP contribution in [0, 0.1) is 5.92 Å². The molecule has 0 aliphatic carbocycles. The highest BCUT2D eigenvalue weighted by atomic mass is 35.5. The van der Waals surface area contributed by atoms with E-state index in [-0.39, 0.29) is 12.2 Å². The number of amides is 1. The van der Waals surface area contributed by atoms with Gasteiger partial charge < -0.3 is 14.8 Å². The molecule has 2 rings (SSSR count). The van der Waals surface area contributed by atoms with Crippen LogP contribution in [0.2, 0.25) is 5.02 Å². The first-order valence-electron chi connectivity index (χ1n) is 10.3. The first-order valence-corrected chi connectivity index (χ1v) is 12.6. The number of hydrogen-bond acceptors (Lipinski definition) is 7. The maximum absolute atomic E-state index is 11.8. The number of aromatic nitrogens is 1. The van der Waals surface area contributed by atoms with Crippen LogP contribution in [0.15, 0.2) is 36.5 Å². The monoisotopic (exact) mass is 485 g/mol. The van der Waals surface area contributed by atoms with E-state index < -0.39 is 15.9 Å². The molecule has 0 saturated heterocycles. The molecule has 10 heteroatoms. The van der Waals surface area contributed by atoms with E-state index in [4.69, 9.17) is 21.1 Å². The summed E-state index contributed by atoms with van der Waals surface area (Å²) in [6.07, 6.45) is 2.45. The molecule has 2 N–H and O–H groups in total. The molecule has 1 aromatic heterocycles. The number of carbonyl (C=O) groups is 1. The van der Waals surface area contributed by atoms with E-state index in [9.17, 15) is 13.2 Å². The highest BCUT2D eigenvalue weighted by Gasteiger charge is 2.11. The Labute approximate surface area is 195 Å². The molecule has 0 atom stereocenters. The number of nitrogens with one attached hydrogen (secondary N) is 2. The SMILES string of the molecule is CC(C)COc1ncc(OCc2ccc(C(=O)NS(C)(=O)=O)cc2)cc1Cl.CCNCC. The molecule has 0 bridgehead atoms. The Hall–Kier alpha value is -2.36. The third-order valence-corrected chi connectivity index (χ3v) is 4.56. The molecule has 0 spiro atoms. The van der Waals surface area contributed by atoms with Gasteiger partial charge in [0.25, 0.3) is 5.91 Å². The highest BCUT2D eigenvalue weighted by Crippen LogP contribution is 2.26. The van der Waals surface area contributed by atoms with Crippen molar-refractivity contribution >= 4 is 27.5 Å². The largest absolute Gasteiger partial charge is 0.487 e. The van der Waals surface area contributed by atoms with Gasteiger partial charge in [-0.3, -0.25) is 4.79 Å². The van der Waals surface area contributed by atoms with Crippen LogP contribution in [0.25, 0.3) is 0 Å². The van der Waals surface area contributed by atoms with Crippen LogP contribution in [0.4, 0.5) is 0 Å². The number of nitrogens with zero attached hydrogens (tertiary/aromatic N) is 1. The zero-order valence-corrected chi connectivity index (χ0v) is 20.7. The van der Waals surface area contributed by atoms with Crippen molar-refractivity contribution in [2.75, 3.05) is 26.0 Å². The molecule has 0 aliphatic rings. The molecule has 1 aromatic carbocycles. The average Bonchev–Trinajstić information content (AvgIpc) is 2.71. The second-order valence-electron chi connectivity index (χ2n) is 7.31. The predicted molar refractivity (Wildman–Crippen MR) is 127 cm³/mol. The van der Waals surface area contributed by atoms with Crippen molar-refractivity contribution in [1.82, 2.24) is 15.0 Å². The van der Waals surface area contributed by atoms with Crippen molar-refractivity contribution in [3.8, 4) is 11.6 Å². The fourth-order valence-electron chi connectivity index (χ4n) is 2.23. The lowest BCUT2D eigenvalue weighted by molar-refractivity contribution is 0.0981. The Bertz CT molecular complexity index is 949. The third-order valence-electron chi connectivity index (χ3n) is 3.74. The number of benzene rings is 1. The van der Waals surface area contributed by atoms with Crippen molar-refractivity contribution in [3.63, 3.8) is 0 Å². The number of pyridine rings is 1. The van der Waals surface area contributed by atoms with Crippen molar-refractivity contribution in [1.29, 1.82) is 0 Å². The van der Waals surface area contributed by atoms with Crippen molar-refractivity contribution in [2.24, 2.45) is 5.92 Å². The quantitative estimate of drug-likeness (QED) is 0.528. The minimum absolute atomic E-state index is 0.234. The molecule has 1 heterocycles. The molecular formula is C22H32ClN3O5S. The van der Waals surface area contributed by atoms with E-state index in [2.05, 4.69) is 24.1 Å². The smallest absolute Gasteiger partial charge is 0.264 e. The van der Waals surface area contributed by atoms with E-state index in [1.807, 2.05) is 18.6 Å². The van der Waals surface area contributed by atoms with Gasteiger partial charge in [0.05, 0.1) is 19.1 Å². The summed E-state index contributed by atoms with van der Waals surface area (Å²) in [4.78, 5) is 15.9. The van der Waals surface area contributed by atoms with Gasteiger partial charge in [0.2, 0.25) is 15.9 Å². The highest BCUT2D eigenvalue weighted by molar-refractivity contribution is 7.89. The Morgan fingerprint density at radius 3 is 2.22 bits per heavy atom. The average molecular weight is 486 g/mol.